The molecule has 0 unspecified atom stereocenters. The van der Waals surface area contributed by atoms with Crippen LogP contribution in [0.5, 0.6) is 0 Å². The maximum absolute atomic E-state index is 11.6. The van der Waals surface area contributed by atoms with Crippen LogP contribution in [0.25, 0.3) is 0 Å². The minimum absolute atomic E-state index is 0.0224. The highest BCUT2D eigenvalue weighted by atomic mass is 32.1. The summed E-state index contributed by atoms with van der Waals surface area (Å²) >= 11 is 1.33. The average Bonchev–Trinajstić information content (AvgIpc) is 2.71. The van der Waals surface area contributed by atoms with Crippen LogP contribution in [0.15, 0.2) is 5.38 Å². The zero-order valence-corrected chi connectivity index (χ0v) is 11.6. The topological polar surface area (TPSA) is 71.1 Å². The summed E-state index contributed by atoms with van der Waals surface area (Å²) in [6.07, 6.45) is 3.55. The Hall–Kier alpha value is -1.43. The number of amides is 2. The van der Waals surface area contributed by atoms with Gasteiger partial charge in [-0.25, -0.2) is 4.98 Å². The first-order valence-corrected chi connectivity index (χ1v) is 6.98. The molecule has 0 aliphatic heterocycles. The first kappa shape index (κ1) is 14.6. The van der Waals surface area contributed by atoms with Crippen LogP contribution in [0.2, 0.25) is 0 Å². The molecular formula is C12H19N3O2S. The van der Waals surface area contributed by atoms with Crippen molar-refractivity contribution in [2.24, 2.45) is 0 Å². The van der Waals surface area contributed by atoms with E-state index in [0.717, 1.165) is 25.8 Å². The van der Waals surface area contributed by atoms with Crippen molar-refractivity contribution >= 4 is 28.3 Å². The summed E-state index contributed by atoms with van der Waals surface area (Å²) in [5, 5.41) is 7.78. The largest absolute Gasteiger partial charge is 0.356 e. The Labute approximate surface area is 111 Å². The van der Waals surface area contributed by atoms with E-state index in [9.17, 15) is 9.59 Å². The maximum atomic E-state index is 11.6. The van der Waals surface area contributed by atoms with Crippen molar-refractivity contribution in [3.63, 3.8) is 0 Å². The van der Waals surface area contributed by atoms with E-state index in [2.05, 4.69) is 22.5 Å². The number of carbonyl (C=O) groups is 2. The molecule has 0 aliphatic carbocycles. The van der Waals surface area contributed by atoms with Crippen molar-refractivity contribution < 1.29 is 9.59 Å². The monoisotopic (exact) mass is 269 g/mol. The SMILES string of the molecule is CCCCCNC(=O)Cc1csc(NC(C)=O)n1. The molecule has 0 saturated carbocycles. The molecule has 0 aromatic carbocycles. The van der Waals surface area contributed by atoms with Crippen LogP contribution in [-0.2, 0) is 16.0 Å². The van der Waals surface area contributed by atoms with Gasteiger partial charge < -0.3 is 10.6 Å². The molecule has 18 heavy (non-hydrogen) atoms. The fourth-order valence-electron chi connectivity index (χ4n) is 1.43. The van der Waals surface area contributed by atoms with Crippen molar-refractivity contribution in [1.29, 1.82) is 0 Å². The Morgan fingerprint density at radius 2 is 2.17 bits per heavy atom. The Morgan fingerprint density at radius 1 is 1.39 bits per heavy atom. The maximum Gasteiger partial charge on any atom is 0.226 e. The quantitative estimate of drug-likeness (QED) is 0.743. The number of nitrogens with zero attached hydrogens (tertiary/aromatic N) is 1. The van der Waals surface area contributed by atoms with Crippen molar-refractivity contribution in [1.82, 2.24) is 10.3 Å². The molecule has 0 radical (unpaired) electrons. The standard InChI is InChI=1S/C12H19N3O2S/c1-3-4-5-6-13-11(17)7-10-8-18-12(15-10)14-9(2)16/h8H,3-7H2,1-2H3,(H,13,17)(H,14,15,16). The lowest BCUT2D eigenvalue weighted by Crippen LogP contribution is -2.26. The minimum atomic E-state index is -0.153. The molecule has 6 heteroatoms. The molecule has 0 fully saturated rings. The highest BCUT2D eigenvalue weighted by molar-refractivity contribution is 7.13. The molecule has 5 nitrogen and oxygen atoms in total. The van der Waals surface area contributed by atoms with Crippen molar-refractivity contribution in [2.75, 3.05) is 11.9 Å². The summed E-state index contributed by atoms with van der Waals surface area (Å²) in [6.45, 7) is 4.28. The summed E-state index contributed by atoms with van der Waals surface area (Å²) in [7, 11) is 0. The molecule has 2 amide bonds. The molecule has 100 valence electrons. The molecule has 0 saturated heterocycles. The summed E-state index contributed by atoms with van der Waals surface area (Å²) < 4.78 is 0. The van der Waals surface area contributed by atoms with Crippen LogP contribution in [-0.4, -0.2) is 23.3 Å². The minimum Gasteiger partial charge on any atom is -0.356 e. The highest BCUT2D eigenvalue weighted by Crippen LogP contribution is 2.15. The first-order chi connectivity index (χ1) is 8.61. The number of rotatable bonds is 7. The molecule has 0 bridgehead atoms. The van der Waals surface area contributed by atoms with E-state index in [1.807, 2.05) is 0 Å². The predicted octanol–water partition coefficient (Wildman–Crippen LogP) is 1.95. The summed E-state index contributed by atoms with van der Waals surface area (Å²) in [5.41, 5.74) is 0.691. The number of unbranched alkanes of at least 4 members (excludes halogenated alkanes) is 2. The van der Waals surface area contributed by atoms with Crippen LogP contribution in [0.4, 0.5) is 5.13 Å². The zero-order chi connectivity index (χ0) is 13.4. The molecule has 0 aliphatic rings. The molecule has 1 heterocycles. The van der Waals surface area contributed by atoms with Gasteiger partial charge in [0.2, 0.25) is 11.8 Å². The Kier molecular flexibility index (Phi) is 6.35. The van der Waals surface area contributed by atoms with E-state index >= 15 is 0 Å². The van der Waals surface area contributed by atoms with Gasteiger partial charge in [0, 0.05) is 18.8 Å². The van der Waals surface area contributed by atoms with Crippen molar-refractivity contribution in [2.45, 2.75) is 39.5 Å². The van der Waals surface area contributed by atoms with Gasteiger partial charge in [0.25, 0.3) is 0 Å². The van der Waals surface area contributed by atoms with Crippen molar-refractivity contribution in [3.8, 4) is 0 Å². The zero-order valence-electron chi connectivity index (χ0n) is 10.8. The number of carbonyl (C=O) groups excluding carboxylic acids is 2. The molecule has 0 atom stereocenters. The number of hydrogen-bond donors (Lipinski definition) is 2. The summed E-state index contributed by atoms with van der Waals surface area (Å²) in [5.74, 6) is -0.175. The van der Waals surface area contributed by atoms with Gasteiger partial charge in [-0.15, -0.1) is 11.3 Å². The number of aromatic nitrogens is 1. The molecule has 1 aromatic heterocycles. The van der Waals surface area contributed by atoms with Gasteiger partial charge in [-0.05, 0) is 6.42 Å². The second kappa shape index (κ2) is 7.81. The number of nitrogens with one attached hydrogen (secondary N) is 2. The normalized spacial score (nSPS) is 10.1. The van der Waals surface area contributed by atoms with Crippen LogP contribution < -0.4 is 10.6 Å². The van der Waals surface area contributed by atoms with E-state index in [-0.39, 0.29) is 18.2 Å². The van der Waals surface area contributed by atoms with E-state index in [4.69, 9.17) is 0 Å². The van der Waals surface area contributed by atoms with E-state index in [0.29, 0.717) is 10.8 Å². The highest BCUT2D eigenvalue weighted by Gasteiger charge is 2.07. The lowest BCUT2D eigenvalue weighted by atomic mass is 10.2. The van der Waals surface area contributed by atoms with Gasteiger partial charge in [-0.3, -0.25) is 9.59 Å². The summed E-state index contributed by atoms with van der Waals surface area (Å²) in [4.78, 5) is 26.6. The second-order valence-electron chi connectivity index (χ2n) is 4.06. The Bertz CT molecular complexity index is 404. The van der Waals surface area contributed by atoms with Crippen LogP contribution >= 0.6 is 11.3 Å². The van der Waals surface area contributed by atoms with Crippen LogP contribution in [0, 0.1) is 0 Å². The molecule has 0 spiro atoms. The van der Waals surface area contributed by atoms with Gasteiger partial charge in [0.05, 0.1) is 12.1 Å². The Morgan fingerprint density at radius 3 is 2.83 bits per heavy atom. The molecule has 1 rings (SSSR count). The van der Waals surface area contributed by atoms with Gasteiger partial charge in [0.15, 0.2) is 5.13 Å². The predicted molar refractivity (Wildman–Crippen MR) is 72.7 cm³/mol. The number of hydrogen-bond acceptors (Lipinski definition) is 4. The third-order valence-electron chi connectivity index (χ3n) is 2.28. The number of anilines is 1. The third-order valence-corrected chi connectivity index (χ3v) is 3.09. The molecular weight excluding hydrogens is 250 g/mol. The van der Waals surface area contributed by atoms with E-state index in [1.54, 1.807) is 5.38 Å². The van der Waals surface area contributed by atoms with Crippen molar-refractivity contribution in [3.05, 3.63) is 11.1 Å². The first-order valence-electron chi connectivity index (χ1n) is 6.10. The molecule has 2 N–H and O–H groups in total. The van der Waals surface area contributed by atoms with Crippen LogP contribution in [0.3, 0.4) is 0 Å². The van der Waals surface area contributed by atoms with E-state index in [1.165, 1.54) is 18.3 Å². The fraction of sp³-hybridized carbons (Fsp3) is 0.583. The Balaban J connectivity index is 2.31. The summed E-state index contributed by atoms with van der Waals surface area (Å²) in [6, 6.07) is 0. The fourth-order valence-corrected chi connectivity index (χ4v) is 2.18. The van der Waals surface area contributed by atoms with Gasteiger partial charge in [-0.2, -0.15) is 0 Å². The lowest BCUT2D eigenvalue weighted by Gasteiger charge is -2.02. The average molecular weight is 269 g/mol. The van der Waals surface area contributed by atoms with Gasteiger partial charge in [-0.1, -0.05) is 19.8 Å². The smallest absolute Gasteiger partial charge is 0.226 e. The van der Waals surface area contributed by atoms with Gasteiger partial charge >= 0.3 is 0 Å². The van der Waals surface area contributed by atoms with E-state index < -0.39 is 0 Å². The lowest BCUT2D eigenvalue weighted by molar-refractivity contribution is -0.120. The molecule has 1 aromatic rings. The van der Waals surface area contributed by atoms with Gasteiger partial charge in [0.1, 0.15) is 0 Å². The third kappa shape index (κ3) is 5.77. The number of thiazole rings is 1. The van der Waals surface area contributed by atoms with Crippen LogP contribution in [0.1, 0.15) is 38.8 Å². The second-order valence-corrected chi connectivity index (χ2v) is 4.92.